The van der Waals surface area contributed by atoms with Crippen LogP contribution in [0.2, 0.25) is 0 Å². The van der Waals surface area contributed by atoms with Gasteiger partial charge < -0.3 is 14.9 Å². The molecule has 1 amide bonds. The summed E-state index contributed by atoms with van der Waals surface area (Å²) in [5.41, 5.74) is 1.36. The highest BCUT2D eigenvalue weighted by molar-refractivity contribution is 5.73. The number of ether oxygens (including phenoxy) is 1. The first-order chi connectivity index (χ1) is 7.37. The van der Waals surface area contributed by atoms with E-state index in [1.807, 2.05) is 5.48 Å². The molecule has 1 aliphatic rings. The van der Waals surface area contributed by atoms with Crippen LogP contribution in [-0.4, -0.2) is 30.8 Å². The normalized spacial score (nSPS) is 16.2. The van der Waals surface area contributed by atoms with Crippen LogP contribution in [0.4, 0.5) is 4.79 Å². The fourth-order valence-corrected chi connectivity index (χ4v) is 1.17. The van der Waals surface area contributed by atoms with E-state index in [0.29, 0.717) is 12.3 Å². The molecule has 1 saturated heterocycles. The van der Waals surface area contributed by atoms with Crippen molar-refractivity contribution in [3.05, 3.63) is 0 Å². The molecule has 0 aromatic carbocycles. The molecular weight excluding hydrogens is 212 g/mol. The fourth-order valence-electron chi connectivity index (χ4n) is 1.17. The maximum absolute atomic E-state index is 11.2. The van der Waals surface area contributed by atoms with Crippen molar-refractivity contribution >= 4 is 12.1 Å². The summed E-state index contributed by atoms with van der Waals surface area (Å²) in [5, 5.41) is 3.04. The molecule has 1 fully saturated rings. The molecule has 0 aromatic heterocycles. The number of hydroxylamine groups is 1. The van der Waals surface area contributed by atoms with E-state index in [1.54, 1.807) is 20.8 Å². The highest BCUT2D eigenvalue weighted by atomic mass is 16.7. The van der Waals surface area contributed by atoms with Crippen LogP contribution >= 0.6 is 0 Å². The van der Waals surface area contributed by atoms with Gasteiger partial charge in [0, 0.05) is 0 Å². The Labute approximate surface area is 94.6 Å². The molecule has 1 aliphatic heterocycles. The summed E-state index contributed by atoms with van der Waals surface area (Å²) in [6.07, 6.45) is -0.449. The predicted octanol–water partition coefficient (Wildman–Crippen LogP) is 0.579. The zero-order chi connectivity index (χ0) is 12.2. The van der Waals surface area contributed by atoms with Crippen LogP contribution in [0, 0.1) is 5.92 Å². The molecular formula is C10H18N2O4. The van der Waals surface area contributed by atoms with Gasteiger partial charge in [-0.05, 0) is 39.8 Å². The van der Waals surface area contributed by atoms with E-state index in [-0.39, 0.29) is 0 Å². The van der Waals surface area contributed by atoms with Gasteiger partial charge in [0.25, 0.3) is 0 Å². The number of hydrogen-bond donors (Lipinski definition) is 2. The molecule has 16 heavy (non-hydrogen) atoms. The molecule has 6 nitrogen and oxygen atoms in total. The summed E-state index contributed by atoms with van der Waals surface area (Å²) >= 11 is 0. The van der Waals surface area contributed by atoms with Gasteiger partial charge in [-0.1, -0.05) is 0 Å². The third-order valence-electron chi connectivity index (χ3n) is 1.97. The van der Waals surface area contributed by atoms with Crippen molar-refractivity contribution in [2.24, 2.45) is 5.92 Å². The summed E-state index contributed by atoms with van der Waals surface area (Å²) in [5.74, 6) is -0.134. The minimum absolute atomic E-state index is 0.308. The monoisotopic (exact) mass is 230 g/mol. The van der Waals surface area contributed by atoms with Crippen molar-refractivity contribution in [3.63, 3.8) is 0 Å². The van der Waals surface area contributed by atoms with Crippen molar-refractivity contribution < 1.29 is 19.2 Å². The van der Waals surface area contributed by atoms with Crippen LogP contribution in [0.5, 0.6) is 0 Å². The van der Waals surface area contributed by atoms with Crippen molar-refractivity contribution in [2.75, 3.05) is 13.1 Å². The lowest BCUT2D eigenvalue weighted by Crippen LogP contribution is -2.44. The lowest BCUT2D eigenvalue weighted by Gasteiger charge is -2.25. The minimum atomic E-state index is -0.757. The zero-order valence-corrected chi connectivity index (χ0v) is 9.83. The first-order valence-electron chi connectivity index (χ1n) is 5.26. The lowest BCUT2D eigenvalue weighted by atomic mass is 10.00. The van der Waals surface area contributed by atoms with E-state index >= 15 is 0 Å². The Bertz CT molecular complexity index is 268. The van der Waals surface area contributed by atoms with Gasteiger partial charge in [-0.2, -0.15) is 0 Å². The van der Waals surface area contributed by atoms with Gasteiger partial charge >= 0.3 is 12.1 Å². The molecule has 0 aliphatic carbocycles. The smallest absolute Gasteiger partial charge is 0.441 e. The summed E-state index contributed by atoms with van der Waals surface area (Å²) in [6.45, 7) is 6.83. The molecule has 0 saturated carbocycles. The largest absolute Gasteiger partial charge is 0.442 e. The van der Waals surface area contributed by atoms with Crippen LogP contribution in [-0.2, 0) is 14.4 Å². The quantitative estimate of drug-likeness (QED) is 0.678. The maximum Gasteiger partial charge on any atom is 0.441 e. The summed E-state index contributed by atoms with van der Waals surface area (Å²) in [6, 6.07) is 0. The summed E-state index contributed by atoms with van der Waals surface area (Å²) < 4.78 is 4.89. The van der Waals surface area contributed by atoms with Crippen molar-refractivity contribution in [3.8, 4) is 0 Å². The van der Waals surface area contributed by atoms with E-state index in [9.17, 15) is 9.59 Å². The second-order valence-corrected chi connectivity index (χ2v) is 4.81. The van der Waals surface area contributed by atoms with Crippen molar-refractivity contribution in [1.82, 2.24) is 10.8 Å². The van der Waals surface area contributed by atoms with Gasteiger partial charge in [0.15, 0.2) is 0 Å². The third kappa shape index (κ3) is 4.97. The highest BCUT2D eigenvalue weighted by Gasteiger charge is 2.22. The van der Waals surface area contributed by atoms with Crippen LogP contribution in [0.25, 0.3) is 0 Å². The van der Waals surface area contributed by atoms with Gasteiger partial charge in [0.1, 0.15) is 5.60 Å². The molecule has 0 atom stereocenters. The zero-order valence-electron chi connectivity index (χ0n) is 9.83. The van der Waals surface area contributed by atoms with Gasteiger partial charge in [0.05, 0.1) is 6.42 Å². The summed E-state index contributed by atoms with van der Waals surface area (Å²) in [7, 11) is 0. The van der Waals surface area contributed by atoms with E-state index in [2.05, 4.69) is 10.2 Å². The second-order valence-electron chi connectivity index (χ2n) is 4.81. The van der Waals surface area contributed by atoms with Gasteiger partial charge in [-0.3, -0.25) is 0 Å². The Morgan fingerprint density at radius 1 is 1.38 bits per heavy atom. The van der Waals surface area contributed by atoms with E-state index in [4.69, 9.17) is 4.74 Å². The molecule has 0 radical (unpaired) electrons. The fraction of sp³-hybridized carbons (Fsp3) is 0.800. The van der Waals surface area contributed by atoms with Gasteiger partial charge in [-0.15, -0.1) is 5.48 Å². The van der Waals surface area contributed by atoms with Crippen LogP contribution in [0.3, 0.4) is 0 Å². The number of nitrogens with one attached hydrogen (secondary N) is 2. The van der Waals surface area contributed by atoms with Crippen molar-refractivity contribution in [1.29, 1.82) is 0 Å². The molecule has 0 spiro atoms. The van der Waals surface area contributed by atoms with E-state index < -0.39 is 17.7 Å². The predicted molar refractivity (Wildman–Crippen MR) is 56.4 cm³/mol. The average Bonchev–Trinajstić information content (AvgIpc) is 2.05. The Morgan fingerprint density at radius 2 is 2.00 bits per heavy atom. The maximum atomic E-state index is 11.2. The number of carbonyl (C=O) groups is 2. The molecule has 92 valence electrons. The topological polar surface area (TPSA) is 76.7 Å². The standard InChI is InChI=1S/C10H18N2O4/c1-10(2,3)15-9(14)12-16-8(13)4-7-5-11-6-7/h7,11H,4-6H2,1-3H3,(H,12,14). The first-order valence-corrected chi connectivity index (χ1v) is 5.26. The molecule has 0 unspecified atom stereocenters. The number of hydrogen-bond acceptors (Lipinski definition) is 5. The van der Waals surface area contributed by atoms with Crippen molar-refractivity contribution in [2.45, 2.75) is 32.8 Å². The summed E-state index contributed by atoms with van der Waals surface area (Å²) in [4.78, 5) is 26.9. The molecule has 2 N–H and O–H groups in total. The van der Waals surface area contributed by atoms with Crippen LogP contribution in [0.1, 0.15) is 27.2 Å². The van der Waals surface area contributed by atoms with Gasteiger partial charge in [-0.25, -0.2) is 9.59 Å². The Morgan fingerprint density at radius 3 is 2.44 bits per heavy atom. The Kier molecular flexibility index (Phi) is 4.12. The van der Waals surface area contributed by atoms with E-state index in [0.717, 1.165) is 13.1 Å². The molecule has 6 heteroatoms. The number of rotatable bonds is 2. The second kappa shape index (κ2) is 5.16. The van der Waals surface area contributed by atoms with Crippen LogP contribution < -0.4 is 10.8 Å². The van der Waals surface area contributed by atoms with E-state index in [1.165, 1.54) is 0 Å². The Balaban J connectivity index is 2.13. The first kappa shape index (κ1) is 12.8. The lowest BCUT2D eigenvalue weighted by molar-refractivity contribution is -0.152. The number of carbonyl (C=O) groups excluding carboxylic acids is 2. The minimum Gasteiger partial charge on any atom is -0.442 e. The van der Waals surface area contributed by atoms with Gasteiger partial charge in [0.2, 0.25) is 0 Å². The molecule has 1 rings (SSSR count). The SMILES string of the molecule is CC(C)(C)OC(=O)NOC(=O)CC1CNC1. The van der Waals surface area contributed by atoms with Crippen LogP contribution in [0.15, 0.2) is 0 Å². The molecule has 1 heterocycles. The Hall–Kier alpha value is -1.30. The highest BCUT2D eigenvalue weighted by Crippen LogP contribution is 2.09. The number of amides is 1. The third-order valence-corrected chi connectivity index (χ3v) is 1.97. The average molecular weight is 230 g/mol. The molecule has 0 aromatic rings. The molecule has 0 bridgehead atoms.